The number of aliphatic hydroxyl groups is 1. The fraction of sp³-hybridized carbons (Fsp3) is 0.625. The van der Waals surface area contributed by atoms with Crippen LogP contribution in [0, 0.1) is 0 Å². The van der Waals surface area contributed by atoms with E-state index in [9.17, 15) is 5.11 Å². The Bertz CT molecular complexity index is 371. The number of benzene rings is 1. The van der Waals surface area contributed by atoms with Gasteiger partial charge < -0.3 is 5.11 Å². The zero-order chi connectivity index (χ0) is 13.0. The highest BCUT2D eigenvalue weighted by atomic mass is 16.3. The molecule has 0 aromatic heterocycles. The molecule has 0 saturated heterocycles. The number of aryl methyl sites for hydroxylation is 1. The third-order valence-corrected chi connectivity index (χ3v) is 3.94. The molecule has 2 unspecified atom stereocenters. The second kappa shape index (κ2) is 6.35. The van der Waals surface area contributed by atoms with Gasteiger partial charge >= 0.3 is 0 Å². The fourth-order valence-electron chi connectivity index (χ4n) is 3.12. The van der Waals surface area contributed by atoms with Gasteiger partial charge in [0.15, 0.2) is 0 Å². The topological polar surface area (TPSA) is 23.5 Å². The minimum Gasteiger partial charge on any atom is -0.387 e. The smallest absolute Gasteiger partial charge is 0.0947 e. The minimum atomic E-state index is -0.312. The van der Waals surface area contributed by atoms with Gasteiger partial charge in [-0.05, 0) is 49.9 Å². The number of rotatable bonds is 5. The van der Waals surface area contributed by atoms with E-state index in [0.717, 1.165) is 44.3 Å². The zero-order valence-corrected chi connectivity index (χ0v) is 11.6. The summed E-state index contributed by atoms with van der Waals surface area (Å²) in [5.41, 5.74) is 2.47. The van der Waals surface area contributed by atoms with Gasteiger partial charge in [0.25, 0.3) is 0 Å². The summed E-state index contributed by atoms with van der Waals surface area (Å²) >= 11 is 0. The van der Waals surface area contributed by atoms with E-state index < -0.39 is 0 Å². The van der Waals surface area contributed by atoms with Gasteiger partial charge in [-0.2, -0.15) is 0 Å². The van der Waals surface area contributed by atoms with E-state index in [1.54, 1.807) is 0 Å². The van der Waals surface area contributed by atoms with Crippen LogP contribution in [0.4, 0.5) is 0 Å². The Morgan fingerprint density at radius 3 is 2.50 bits per heavy atom. The molecular formula is C16H25NO. The SMILES string of the molecule is CCCN(CCC)C1CCc2ccccc2C1O. The monoisotopic (exact) mass is 247 g/mol. The highest BCUT2D eigenvalue weighted by Crippen LogP contribution is 2.32. The molecule has 1 aromatic rings. The van der Waals surface area contributed by atoms with E-state index in [4.69, 9.17) is 0 Å². The number of hydrogen-bond donors (Lipinski definition) is 1. The Morgan fingerprint density at radius 2 is 1.83 bits per heavy atom. The first-order valence-corrected chi connectivity index (χ1v) is 7.27. The molecule has 2 rings (SSSR count). The summed E-state index contributed by atoms with van der Waals surface area (Å²) in [5, 5.41) is 10.6. The van der Waals surface area contributed by atoms with Crippen molar-refractivity contribution >= 4 is 0 Å². The average Bonchev–Trinajstić information content (AvgIpc) is 2.39. The third kappa shape index (κ3) is 2.76. The third-order valence-electron chi connectivity index (χ3n) is 3.94. The van der Waals surface area contributed by atoms with Crippen LogP contribution < -0.4 is 0 Å². The minimum absolute atomic E-state index is 0.305. The van der Waals surface area contributed by atoms with Crippen molar-refractivity contribution in [3.63, 3.8) is 0 Å². The Balaban J connectivity index is 2.16. The first-order valence-electron chi connectivity index (χ1n) is 7.27. The molecule has 0 spiro atoms. The van der Waals surface area contributed by atoms with Crippen molar-refractivity contribution in [1.29, 1.82) is 0 Å². The molecule has 100 valence electrons. The maximum atomic E-state index is 10.6. The maximum Gasteiger partial charge on any atom is 0.0947 e. The van der Waals surface area contributed by atoms with Gasteiger partial charge in [-0.3, -0.25) is 4.90 Å². The van der Waals surface area contributed by atoms with Crippen molar-refractivity contribution < 1.29 is 5.11 Å². The molecule has 2 atom stereocenters. The molecule has 0 bridgehead atoms. The van der Waals surface area contributed by atoms with Crippen LogP contribution in [-0.4, -0.2) is 29.1 Å². The maximum absolute atomic E-state index is 10.6. The van der Waals surface area contributed by atoms with Crippen molar-refractivity contribution in [3.05, 3.63) is 35.4 Å². The molecule has 1 aliphatic rings. The highest BCUT2D eigenvalue weighted by molar-refractivity contribution is 5.32. The molecular weight excluding hydrogens is 222 g/mol. The summed E-state index contributed by atoms with van der Waals surface area (Å²) in [6, 6.07) is 8.65. The van der Waals surface area contributed by atoms with Crippen molar-refractivity contribution in [1.82, 2.24) is 4.90 Å². The van der Waals surface area contributed by atoms with Crippen molar-refractivity contribution in [3.8, 4) is 0 Å². The van der Waals surface area contributed by atoms with Gasteiger partial charge in [-0.25, -0.2) is 0 Å². The van der Waals surface area contributed by atoms with Crippen molar-refractivity contribution in [2.45, 2.75) is 51.7 Å². The predicted octanol–water partition coefficient (Wildman–Crippen LogP) is 3.16. The molecule has 1 aliphatic carbocycles. The summed E-state index contributed by atoms with van der Waals surface area (Å²) in [4.78, 5) is 2.47. The van der Waals surface area contributed by atoms with Crippen LogP contribution in [-0.2, 0) is 6.42 Å². The van der Waals surface area contributed by atoms with Crippen LogP contribution in [0.15, 0.2) is 24.3 Å². The van der Waals surface area contributed by atoms with Crippen LogP contribution in [0.3, 0.4) is 0 Å². The van der Waals surface area contributed by atoms with E-state index in [-0.39, 0.29) is 6.10 Å². The number of fused-ring (bicyclic) bond motifs is 1. The van der Waals surface area contributed by atoms with Gasteiger partial charge in [0.05, 0.1) is 6.10 Å². The summed E-state index contributed by atoms with van der Waals surface area (Å²) in [7, 11) is 0. The average molecular weight is 247 g/mol. The Hall–Kier alpha value is -0.860. The Morgan fingerprint density at radius 1 is 1.17 bits per heavy atom. The van der Waals surface area contributed by atoms with Crippen LogP contribution >= 0.6 is 0 Å². The first-order chi connectivity index (χ1) is 8.77. The molecule has 1 N–H and O–H groups in total. The highest BCUT2D eigenvalue weighted by Gasteiger charge is 2.31. The summed E-state index contributed by atoms with van der Waals surface area (Å²) in [5.74, 6) is 0. The molecule has 0 heterocycles. The lowest BCUT2D eigenvalue weighted by atomic mass is 9.85. The van der Waals surface area contributed by atoms with Crippen LogP contribution in [0.25, 0.3) is 0 Å². The molecule has 0 fully saturated rings. The van der Waals surface area contributed by atoms with Gasteiger partial charge in [0.1, 0.15) is 0 Å². The van der Waals surface area contributed by atoms with E-state index >= 15 is 0 Å². The zero-order valence-electron chi connectivity index (χ0n) is 11.6. The van der Waals surface area contributed by atoms with Crippen molar-refractivity contribution in [2.24, 2.45) is 0 Å². The van der Waals surface area contributed by atoms with E-state index in [0.29, 0.717) is 6.04 Å². The predicted molar refractivity (Wildman–Crippen MR) is 75.7 cm³/mol. The Labute approximate surface area is 111 Å². The standard InChI is InChI=1S/C16H25NO/c1-3-11-17(12-4-2)15-10-9-13-7-5-6-8-14(13)16(15)18/h5-8,15-16,18H,3-4,9-12H2,1-2H3. The number of hydrogen-bond acceptors (Lipinski definition) is 2. The lowest BCUT2D eigenvalue weighted by Gasteiger charge is -2.38. The summed E-state index contributed by atoms with van der Waals surface area (Å²) < 4.78 is 0. The molecule has 0 amide bonds. The van der Waals surface area contributed by atoms with E-state index in [1.165, 1.54) is 5.56 Å². The largest absolute Gasteiger partial charge is 0.387 e. The number of nitrogens with zero attached hydrogens (tertiary/aromatic N) is 1. The number of aliphatic hydroxyl groups excluding tert-OH is 1. The molecule has 2 nitrogen and oxygen atoms in total. The van der Waals surface area contributed by atoms with Crippen molar-refractivity contribution in [2.75, 3.05) is 13.1 Å². The molecule has 0 radical (unpaired) electrons. The first kappa shape index (κ1) is 13.6. The van der Waals surface area contributed by atoms with E-state index in [2.05, 4.69) is 36.9 Å². The molecule has 18 heavy (non-hydrogen) atoms. The van der Waals surface area contributed by atoms with Crippen LogP contribution in [0.5, 0.6) is 0 Å². The van der Waals surface area contributed by atoms with Gasteiger partial charge in [-0.15, -0.1) is 0 Å². The molecule has 0 aliphatic heterocycles. The molecule has 0 saturated carbocycles. The quantitative estimate of drug-likeness (QED) is 0.864. The van der Waals surface area contributed by atoms with Crippen LogP contribution in [0.1, 0.15) is 50.3 Å². The second-order valence-electron chi connectivity index (χ2n) is 5.29. The summed E-state index contributed by atoms with van der Waals surface area (Å²) in [6.45, 7) is 6.62. The summed E-state index contributed by atoms with van der Waals surface area (Å²) in [6.07, 6.45) is 4.18. The second-order valence-corrected chi connectivity index (χ2v) is 5.29. The van der Waals surface area contributed by atoms with E-state index in [1.807, 2.05) is 6.07 Å². The fourth-order valence-corrected chi connectivity index (χ4v) is 3.12. The molecule has 2 heteroatoms. The van der Waals surface area contributed by atoms with Gasteiger partial charge in [-0.1, -0.05) is 38.1 Å². The van der Waals surface area contributed by atoms with Gasteiger partial charge in [0.2, 0.25) is 0 Å². The lowest BCUT2D eigenvalue weighted by molar-refractivity contribution is 0.0358. The lowest BCUT2D eigenvalue weighted by Crippen LogP contribution is -2.43. The molecule has 1 aromatic carbocycles. The van der Waals surface area contributed by atoms with Crippen LogP contribution in [0.2, 0.25) is 0 Å². The normalized spacial score (nSPS) is 23.1. The Kier molecular flexibility index (Phi) is 4.79. The van der Waals surface area contributed by atoms with Gasteiger partial charge in [0, 0.05) is 6.04 Å².